The molecule has 1 heterocycles. The van der Waals surface area contributed by atoms with Gasteiger partial charge >= 0.3 is 0 Å². The molecule has 0 bridgehead atoms. The van der Waals surface area contributed by atoms with Crippen LogP contribution in [0, 0.1) is 0 Å². The maximum absolute atomic E-state index is 11.5. The number of hydrogen-bond donors (Lipinski definition) is 1. The zero-order valence-corrected chi connectivity index (χ0v) is 10.5. The first-order valence-corrected chi connectivity index (χ1v) is 5.92. The highest BCUT2D eigenvalue weighted by Gasteiger charge is 2.18. The molecule has 1 aromatic carbocycles. The third kappa shape index (κ3) is 3.46. The number of carbonyl (C=O) groups excluding carboxylic acids is 1. The van der Waals surface area contributed by atoms with E-state index < -0.39 is 0 Å². The van der Waals surface area contributed by atoms with Gasteiger partial charge in [-0.2, -0.15) is 0 Å². The Bertz CT molecular complexity index is 456. The molecule has 1 aliphatic rings. The lowest BCUT2D eigenvalue weighted by Crippen LogP contribution is -2.48. The summed E-state index contributed by atoms with van der Waals surface area (Å²) in [6.45, 7) is 1.17. The van der Waals surface area contributed by atoms with Crippen molar-refractivity contribution in [2.45, 2.75) is 6.04 Å². The number of rotatable bonds is 3. The fourth-order valence-electron chi connectivity index (χ4n) is 1.37. The van der Waals surface area contributed by atoms with E-state index in [1.54, 1.807) is 24.3 Å². The van der Waals surface area contributed by atoms with Gasteiger partial charge in [0.15, 0.2) is 0 Å². The standard InChI is InChI=1S/C12H11Cl2NO2/c13-9-3-1-8(11(14)5-9)2-4-12(16)15-10-6-17-7-10/h1-5,10H,6-7H2,(H,15,16). The molecular formula is C12H11Cl2NO2. The molecule has 0 atom stereocenters. The molecule has 1 aliphatic heterocycles. The number of hydrogen-bond acceptors (Lipinski definition) is 2. The van der Waals surface area contributed by atoms with Crippen LogP contribution in [-0.2, 0) is 9.53 Å². The van der Waals surface area contributed by atoms with Crippen LogP contribution in [0.4, 0.5) is 0 Å². The van der Waals surface area contributed by atoms with Crippen molar-refractivity contribution in [1.29, 1.82) is 0 Å². The SMILES string of the molecule is O=C(C=Cc1ccc(Cl)cc1Cl)NC1COC1. The van der Waals surface area contributed by atoms with Crippen LogP contribution in [0.25, 0.3) is 6.08 Å². The zero-order valence-electron chi connectivity index (χ0n) is 8.95. The lowest BCUT2D eigenvalue weighted by molar-refractivity contribution is -0.120. The molecule has 1 saturated heterocycles. The highest BCUT2D eigenvalue weighted by molar-refractivity contribution is 6.35. The van der Waals surface area contributed by atoms with Crippen LogP contribution in [0.1, 0.15) is 5.56 Å². The van der Waals surface area contributed by atoms with Crippen LogP contribution in [0.15, 0.2) is 24.3 Å². The minimum Gasteiger partial charge on any atom is -0.377 e. The Morgan fingerprint density at radius 3 is 2.76 bits per heavy atom. The average molecular weight is 272 g/mol. The first-order valence-electron chi connectivity index (χ1n) is 5.16. The van der Waals surface area contributed by atoms with Gasteiger partial charge in [0.25, 0.3) is 0 Å². The number of amides is 1. The van der Waals surface area contributed by atoms with Crippen molar-refractivity contribution in [2.24, 2.45) is 0 Å². The van der Waals surface area contributed by atoms with Gasteiger partial charge < -0.3 is 10.1 Å². The Labute approximate surface area is 109 Å². The molecular weight excluding hydrogens is 261 g/mol. The Morgan fingerprint density at radius 1 is 1.41 bits per heavy atom. The number of halogens is 2. The number of carbonyl (C=O) groups is 1. The lowest BCUT2D eigenvalue weighted by atomic mass is 10.2. The zero-order chi connectivity index (χ0) is 12.3. The summed E-state index contributed by atoms with van der Waals surface area (Å²) in [5.41, 5.74) is 0.760. The van der Waals surface area contributed by atoms with Gasteiger partial charge in [0.1, 0.15) is 0 Å². The molecule has 2 rings (SSSR count). The van der Waals surface area contributed by atoms with Gasteiger partial charge in [0.05, 0.1) is 19.3 Å². The topological polar surface area (TPSA) is 38.3 Å². The Balaban J connectivity index is 1.96. The number of benzene rings is 1. The van der Waals surface area contributed by atoms with Crippen LogP contribution in [0.2, 0.25) is 10.0 Å². The summed E-state index contributed by atoms with van der Waals surface area (Å²) in [7, 11) is 0. The smallest absolute Gasteiger partial charge is 0.244 e. The fourth-order valence-corrected chi connectivity index (χ4v) is 1.84. The summed E-state index contributed by atoms with van der Waals surface area (Å²) in [5, 5.41) is 3.89. The molecule has 0 spiro atoms. The van der Waals surface area contributed by atoms with Crippen molar-refractivity contribution in [1.82, 2.24) is 5.32 Å². The van der Waals surface area contributed by atoms with Gasteiger partial charge in [-0.15, -0.1) is 0 Å². The predicted molar refractivity (Wildman–Crippen MR) is 68.2 cm³/mol. The van der Waals surface area contributed by atoms with Crippen molar-refractivity contribution in [3.05, 3.63) is 39.9 Å². The third-order valence-corrected chi connectivity index (χ3v) is 2.92. The normalized spacial score (nSPS) is 15.9. The second kappa shape index (κ2) is 5.54. The molecule has 1 amide bonds. The third-order valence-electron chi connectivity index (χ3n) is 2.36. The van der Waals surface area contributed by atoms with Crippen molar-refractivity contribution in [2.75, 3.05) is 13.2 Å². The van der Waals surface area contributed by atoms with E-state index in [0.717, 1.165) is 5.56 Å². The largest absolute Gasteiger partial charge is 0.377 e. The second-order valence-electron chi connectivity index (χ2n) is 3.74. The van der Waals surface area contributed by atoms with E-state index in [9.17, 15) is 4.79 Å². The molecule has 1 aromatic rings. The molecule has 17 heavy (non-hydrogen) atoms. The van der Waals surface area contributed by atoms with Crippen LogP contribution >= 0.6 is 23.2 Å². The summed E-state index contributed by atoms with van der Waals surface area (Å²) in [6.07, 6.45) is 3.11. The van der Waals surface area contributed by atoms with Crippen molar-refractivity contribution < 1.29 is 9.53 Å². The minimum absolute atomic E-state index is 0.132. The molecule has 0 aliphatic carbocycles. The molecule has 0 radical (unpaired) electrons. The maximum atomic E-state index is 11.5. The molecule has 0 saturated carbocycles. The number of ether oxygens (including phenoxy) is 1. The summed E-state index contributed by atoms with van der Waals surface area (Å²) < 4.78 is 4.96. The summed E-state index contributed by atoms with van der Waals surface area (Å²) >= 11 is 11.7. The molecule has 3 nitrogen and oxygen atoms in total. The molecule has 90 valence electrons. The Hall–Kier alpha value is -1.03. The van der Waals surface area contributed by atoms with Gasteiger partial charge in [-0.1, -0.05) is 29.3 Å². The van der Waals surface area contributed by atoms with E-state index >= 15 is 0 Å². The highest BCUT2D eigenvalue weighted by atomic mass is 35.5. The summed E-state index contributed by atoms with van der Waals surface area (Å²) in [4.78, 5) is 11.5. The van der Waals surface area contributed by atoms with E-state index in [0.29, 0.717) is 23.3 Å². The van der Waals surface area contributed by atoms with Crippen molar-refractivity contribution in [3.63, 3.8) is 0 Å². The molecule has 0 unspecified atom stereocenters. The van der Waals surface area contributed by atoms with Gasteiger partial charge in [0, 0.05) is 16.1 Å². The Morgan fingerprint density at radius 2 is 2.18 bits per heavy atom. The maximum Gasteiger partial charge on any atom is 0.244 e. The van der Waals surface area contributed by atoms with Crippen LogP contribution in [-0.4, -0.2) is 25.2 Å². The molecule has 0 aromatic heterocycles. The van der Waals surface area contributed by atoms with Crippen molar-refractivity contribution in [3.8, 4) is 0 Å². The minimum atomic E-state index is -0.149. The lowest BCUT2D eigenvalue weighted by Gasteiger charge is -2.26. The number of nitrogens with one attached hydrogen (secondary N) is 1. The van der Waals surface area contributed by atoms with Crippen LogP contribution in [0.3, 0.4) is 0 Å². The monoisotopic (exact) mass is 271 g/mol. The first-order chi connectivity index (χ1) is 8.15. The van der Waals surface area contributed by atoms with Crippen molar-refractivity contribution >= 4 is 35.2 Å². The van der Waals surface area contributed by atoms with E-state index in [4.69, 9.17) is 27.9 Å². The average Bonchev–Trinajstić information content (AvgIpc) is 2.22. The fraction of sp³-hybridized carbons (Fsp3) is 0.250. The summed E-state index contributed by atoms with van der Waals surface area (Å²) in [6, 6.07) is 5.26. The predicted octanol–water partition coefficient (Wildman–Crippen LogP) is 2.52. The van der Waals surface area contributed by atoms with Crippen LogP contribution in [0.5, 0.6) is 0 Å². The quantitative estimate of drug-likeness (QED) is 0.859. The first kappa shape index (κ1) is 12.4. The van der Waals surface area contributed by atoms with E-state index in [2.05, 4.69) is 5.32 Å². The second-order valence-corrected chi connectivity index (χ2v) is 4.59. The van der Waals surface area contributed by atoms with E-state index in [1.807, 2.05) is 0 Å². The van der Waals surface area contributed by atoms with E-state index in [-0.39, 0.29) is 11.9 Å². The van der Waals surface area contributed by atoms with Crippen LogP contribution < -0.4 is 5.32 Å². The highest BCUT2D eigenvalue weighted by Crippen LogP contribution is 2.21. The molecule has 5 heteroatoms. The van der Waals surface area contributed by atoms with Gasteiger partial charge in [-0.3, -0.25) is 4.79 Å². The van der Waals surface area contributed by atoms with E-state index in [1.165, 1.54) is 6.08 Å². The Kier molecular flexibility index (Phi) is 4.05. The van der Waals surface area contributed by atoms with Gasteiger partial charge in [0.2, 0.25) is 5.91 Å². The van der Waals surface area contributed by atoms with Gasteiger partial charge in [-0.05, 0) is 23.8 Å². The molecule has 1 fully saturated rings. The van der Waals surface area contributed by atoms with Gasteiger partial charge in [-0.25, -0.2) is 0 Å². The molecule has 1 N–H and O–H groups in total. The summed E-state index contributed by atoms with van der Waals surface area (Å²) in [5.74, 6) is -0.149.